The second-order valence-electron chi connectivity index (χ2n) is 11.7. The van der Waals surface area contributed by atoms with E-state index >= 15 is 0 Å². The predicted octanol–water partition coefficient (Wildman–Crippen LogP) is 3.88. The van der Waals surface area contributed by atoms with Crippen molar-refractivity contribution in [3.05, 3.63) is 88.5 Å². The molecule has 2 aliphatic heterocycles. The maximum atomic E-state index is 13.5. The molecule has 2 heterocycles. The van der Waals surface area contributed by atoms with Crippen molar-refractivity contribution in [2.45, 2.75) is 51.2 Å². The molecule has 3 aromatic rings. The first-order chi connectivity index (χ1) is 21.9. The van der Waals surface area contributed by atoms with Gasteiger partial charge < -0.3 is 36.2 Å². The summed E-state index contributed by atoms with van der Waals surface area (Å²) in [5.74, 6) is -0.0632. The van der Waals surface area contributed by atoms with E-state index in [9.17, 15) is 19.2 Å². The van der Waals surface area contributed by atoms with Crippen LogP contribution in [0.1, 0.15) is 63.1 Å². The van der Waals surface area contributed by atoms with E-state index in [0.29, 0.717) is 61.0 Å². The number of hydrogen-bond donors (Lipinski definition) is 4. The largest absolute Gasteiger partial charge is 0.482 e. The first-order valence-electron chi connectivity index (χ1n) is 15.5. The van der Waals surface area contributed by atoms with Crippen LogP contribution in [0.25, 0.3) is 0 Å². The minimum atomic E-state index is -0.233. The van der Waals surface area contributed by atoms with Gasteiger partial charge in [-0.3, -0.25) is 14.4 Å². The average molecular weight is 611 g/mol. The van der Waals surface area contributed by atoms with Gasteiger partial charge in [0.15, 0.2) is 6.61 Å². The number of nitrogens with zero attached hydrogens (tertiary/aromatic N) is 2. The van der Waals surface area contributed by atoms with Gasteiger partial charge >= 0.3 is 6.03 Å². The molecule has 0 bridgehead atoms. The van der Waals surface area contributed by atoms with Crippen LogP contribution in [-0.2, 0) is 24.3 Å². The number of nitrogens with one attached hydrogen (secondary N) is 3. The number of amides is 5. The number of carbonyl (C=O) groups excluding carboxylic acids is 4. The number of urea groups is 1. The minimum absolute atomic E-state index is 0.0724. The van der Waals surface area contributed by atoms with Crippen molar-refractivity contribution in [1.29, 1.82) is 0 Å². The summed E-state index contributed by atoms with van der Waals surface area (Å²) in [6.45, 7) is 2.71. The highest BCUT2D eigenvalue weighted by Crippen LogP contribution is 2.33. The molecule has 5 amide bonds. The van der Waals surface area contributed by atoms with Gasteiger partial charge in [-0.15, -0.1) is 0 Å². The Morgan fingerprint density at radius 3 is 2.56 bits per heavy atom. The van der Waals surface area contributed by atoms with Crippen LogP contribution < -0.4 is 26.4 Å². The smallest absolute Gasteiger partial charge is 0.317 e. The van der Waals surface area contributed by atoms with E-state index in [2.05, 4.69) is 16.0 Å². The van der Waals surface area contributed by atoms with Crippen LogP contribution in [-0.4, -0.2) is 65.8 Å². The molecule has 0 spiro atoms. The molecule has 0 unspecified atom stereocenters. The van der Waals surface area contributed by atoms with Gasteiger partial charge in [-0.1, -0.05) is 18.2 Å². The van der Waals surface area contributed by atoms with Gasteiger partial charge in [0.25, 0.3) is 17.7 Å². The summed E-state index contributed by atoms with van der Waals surface area (Å²) in [6, 6.07) is 18.3. The number of ether oxygens (including phenoxy) is 1. The van der Waals surface area contributed by atoms with Crippen molar-refractivity contribution >= 4 is 35.1 Å². The molecule has 0 radical (unpaired) electrons. The number of rotatable bonds is 10. The van der Waals surface area contributed by atoms with Crippen LogP contribution in [0.15, 0.2) is 60.7 Å². The summed E-state index contributed by atoms with van der Waals surface area (Å²) in [4.78, 5) is 54.4. The van der Waals surface area contributed by atoms with Gasteiger partial charge in [-0.05, 0) is 97.8 Å². The maximum Gasteiger partial charge on any atom is 0.317 e. The van der Waals surface area contributed by atoms with Crippen LogP contribution in [0.4, 0.5) is 16.2 Å². The second-order valence-corrected chi connectivity index (χ2v) is 11.7. The molecule has 3 aliphatic rings. The number of fused-ring (bicyclic) bond motifs is 2. The van der Waals surface area contributed by atoms with Crippen LogP contribution in [0.5, 0.6) is 5.75 Å². The van der Waals surface area contributed by atoms with Crippen molar-refractivity contribution in [3.8, 4) is 5.75 Å². The van der Waals surface area contributed by atoms with E-state index in [-0.39, 0.29) is 36.4 Å². The highest BCUT2D eigenvalue weighted by molar-refractivity contribution is 6.04. The Kier molecular flexibility index (Phi) is 8.97. The van der Waals surface area contributed by atoms with Gasteiger partial charge in [-0.25, -0.2) is 4.79 Å². The van der Waals surface area contributed by atoms with Crippen LogP contribution in [0.2, 0.25) is 0 Å². The zero-order valence-corrected chi connectivity index (χ0v) is 25.1. The van der Waals surface area contributed by atoms with Crippen LogP contribution in [0, 0.1) is 0 Å². The zero-order chi connectivity index (χ0) is 31.3. The molecule has 234 valence electrons. The zero-order valence-electron chi connectivity index (χ0n) is 25.1. The van der Waals surface area contributed by atoms with Crippen molar-refractivity contribution in [2.24, 2.45) is 5.73 Å². The molecular weight excluding hydrogens is 572 g/mol. The Hall–Kier alpha value is -4.90. The number of nitrogens with two attached hydrogens (primary N) is 1. The monoisotopic (exact) mass is 610 g/mol. The molecule has 0 atom stereocenters. The third kappa shape index (κ3) is 7.26. The van der Waals surface area contributed by atoms with E-state index in [4.69, 9.17) is 10.5 Å². The number of carbonyl (C=O) groups is 4. The maximum absolute atomic E-state index is 13.5. The van der Waals surface area contributed by atoms with E-state index in [0.717, 1.165) is 43.2 Å². The van der Waals surface area contributed by atoms with Gasteiger partial charge in [0.2, 0.25) is 0 Å². The Balaban J connectivity index is 1.06. The number of hydrogen-bond acceptors (Lipinski definition) is 6. The second kappa shape index (κ2) is 13.4. The van der Waals surface area contributed by atoms with E-state index in [1.165, 1.54) is 5.56 Å². The topological polar surface area (TPSA) is 146 Å². The van der Waals surface area contributed by atoms with Gasteiger partial charge in [0, 0.05) is 49.0 Å². The summed E-state index contributed by atoms with van der Waals surface area (Å²) in [7, 11) is 0. The first kappa shape index (κ1) is 30.1. The summed E-state index contributed by atoms with van der Waals surface area (Å²) in [5.41, 5.74) is 10.9. The van der Waals surface area contributed by atoms with E-state index < -0.39 is 0 Å². The average Bonchev–Trinajstić information content (AvgIpc) is 3.90. The van der Waals surface area contributed by atoms with Crippen molar-refractivity contribution < 1.29 is 23.9 Å². The third-order valence-corrected chi connectivity index (χ3v) is 8.35. The molecule has 1 fully saturated rings. The lowest BCUT2D eigenvalue weighted by atomic mass is 9.99. The quantitative estimate of drug-likeness (QED) is 0.256. The molecule has 6 rings (SSSR count). The minimum Gasteiger partial charge on any atom is -0.482 e. The molecular formula is C34H38N6O5. The van der Waals surface area contributed by atoms with Crippen molar-refractivity contribution in [1.82, 2.24) is 15.1 Å². The molecule has 5 N–H and O–H groups in total. The highest BCUT2D eigenvalue weighted by Gasteiger charge is 2.33. The van der Waals surface area contributed by atoms with Gasteiger partial charge in [0.1, 0.15) is 5.75 Å². The molecule has 3 aromatic carbocycles. The molecule has 0 saturated heterocycles. The van der Waals surface area contributed by atoms with Crippen LogP contribution >= 0.6 is 0 Å². The van der Waals surface area contributed by atoms with E-state index in [1.54, 1.807) is 35.2 Å². The molecule has 11 heteroatoms. The van der Waals surface area contributed by atoms with Crippen molar-refractivity contribution in [2.75, 3.05) is 36.9 Å². The first-order valence-corrected chi connectivity index (χ1v) is 15.5. The lowest BCUT2D eigenvalue weighted by molar-refractivity contribution is -0.118. The predicted molar refractivity (Wildman–Crippen MR) is 170 cm³/mol. The lowest BCUT2D eigenvalue weighted by Gasteiger charge is -2.29. The standard InChI is InChI=1S/C34H38N6O5/c35-14-1-2-15-36-34(44)39-16-13-23-7-9-27(17-26(23)20-39)37-32(42)24-5-3-22(4-6-24)19-40(28-10-11-28)33(43)25-8-12-29-30(18-25)45-21-31(41)38-29/h3-9,12,17-18,28H,1-2,10-11,13-16,19-21,35H2,(H,36,44)(H,37,42)(H,38,41). The summed E-state index contributed by atoms with van der Waals surface area (Å²) >= 11 is 0. The number of benzene rings is 3. The fourth-order valence-corrected chi connectivity index (χ4v) is 5.67. The summed E-state index contributed by atoms with van der Waals surface area (Å²) < 4.78 is 5.50. The summed E-state index contributed by atoms with van der Waals surface area (Å²) in [5, 5.41) is 8.69. The van der Waals surface area contributed by atoms with Gasteiger partial charge in [0.05, 0.1) is 5.69 Å². The fourth-order valence-electron chi connectivity index (χ4n) is 5.67. The Morgan fingerprint density at radius 1 is 0.978 bits per heavy atom. The Labute approximate surface area is 262 Å². The Morgan fingerprint density at radius 2 is 1.78 bits per heavy atom. The van der Waals surface area contributed by atoms with E-state index in [1.807, 2.05) is 35.2 Å². The number of unbranched alkanes of at least 4 members (excludes halogenated alkanes) is 1. The van der Waals surface area contributed by atoms with Gasteiger partial charge in [-0.2, -0.15) is 0 Å². The molecule has 45 heavy (non-hydrogen) atoms. The van der Waals surface area contributed by atoms with Crippen molar-refractivity contribution in [3.63, 3.8) is 0 Å². The number of anilines is 2. The van der Waals surface area contributed by atoms with Crippen LogP contribution in [0.3, 0.4) is 0 Å². The lowest BCUT2D eigenvalue weighted by Crippen LogP contribution is -2.43. The fraction of sp³-hybridized carbons (Fsp3) is 0.353. The normalized spacial score (nSPS) is 15.2. The molecule has 1 saturated carbocycles. The summed E-state index contributed by atoms with van der Waals surface area (Å²) in [6.07, 6.45) is 4.39. The molecule has 11 nitrogen and oxygen atoms in total. The Bertz CT molecular complexity index is 1600. The molecule has 1 aliphatic carbocycles. The molecule has 0 aromatic heterocycles. The third-order valence-electron chi connectivity index (χ3n) is 8.35. The SMILES string of the molecule is NCCCCNC(=O)N1CCc2ccc(NC(=O)c3ccc(CN(C(=O)c4ccc5c(c4)OCC(=O)N5)C4CC4)cc3)cc2C1. The highest BCUT2D eigenvalue weighted by atomic mass is 16.5.